The molecule has 6 nitrogen and oxygen atoms in total. The highest BCUT2D eigenvalue weighted by Gasteiger charge is 2.15. The molecule has 130 valence electrons. The van der Waals surface area contributed by atoms with Crippen molar-refractivity contribution < 1.29 is 14.2 Å². The first-order chi connectivity index (χ1) is 10.7. The van der Waals surface area contributed by atoms with Gasteiger partial charge in [0.2, 0.25) is 0 Å². The van der Waals surface area contributed by atoms with Gasteiger partial charge in [-0.05, 0) is 40.0 Å². The normalized spacial score (nSPS) is 18.9. The van der Waals surface area contributed by atoms with Crippen molar-refractivity contribution in [3.05, 3.63) is 0 Å². The van der Waals surface area contributed by atoms with Gasteiger partial charge in [-0.25, -0.2) is 0 Å². The molecule has 1 unspecified atom stereocenters. The average Bonchev–Trinajstić information content (AvgIpc) is 2.99. The average molecular weight is 315 g/mol. The van der Waals surface area contributed by atoms with Crippen LogP contribution in [0.3, 0.4) is 0 Å². The molecule has 22 heavy (non-hydrogen) atoms. The maximum atomic E-state index is 5.73. The second kappa shape index (κ2) is 12.7. The van der Waals surface area contributed by atoms with Gasteiger partial charge in [-0.3, -0.25) is 4.99 Å². The molecular weight excluding hydrogens is 282 g/mol. The van der Waals surface area contributed by atoms with Gasteiger partial charge in [-0.1, -0.05) is 0 Å². The van der Waals surface area contributed by atoms with Crippen LogP contribution in [-0.4, -0.2) is 64.2 Å². The molecule has 1 atom stereocenters. The quantitative estimate of drug-likeness (QED) is 0.344. The van der Waals surface area contributed by atoms with E-state index in [2.05, 4.69) is 36.4 Å². The van der Waals surface area contributed by atoms with Gasteiger partial charge in [0.15, 0.2) is 5.96 Å². The molecule has 1 heterocycles. The third-order valence-corrected chi connectivity index (χ3v) is 3.22. The van der Waals surface area contributed by atoms with Gasteiger partial charge in [-0.2, -0.15) is 0 Å². The minimum atomic E-state index is 0.288. The van der Waals surface area contributed by atoms with Gasteiger partial charge in [0.05, 0.1) is 18.8 Å². The summed E-state index contributed by atoms with van der Waals surface area (Å²) < 4.78 is 16.5. The van der Waals surface area contributed by atoms with Crippen molar-refractivity contribution >= 4 is 5.96 Å². The number of hydrogen-bond acceptors (Lipinski definition) is 4. The maximum absolute atomic E-state index is 5.73. The van der Waals surface area contributed by atoms with E-state index in [1.165, 1.54) is 0 Å². The zero-order valence-electron chi connectivity index (χ0n) is 14.4. The minimum Gasteiger partial charge on any atom is -0.379 e. The lowest BCUT2D eigenvalue weighted by atomic mass is 10.3. The van der Waals surface area contributed by atoms with E-state index in [9.17, 15) is 0 Å². The molecule has 1 aliphatic heterocycles. The SMILES string of the molecule is CCNC(=NCCCOC1CCOC1)NCCCOC(C)C. The van der Waals surface area contributed by atoms with E-state index in [4.69, 9.17) is 14.2 Å². The van der Waals surface area contributed by atoms with Gasteiger partial charge in [-0.15, -0.1) is 0 Å². The van der Waals surface area contributed by atoms with Crippen molar-refractivity contribution in [2.24, 2.45) is 4.99 Å². The smallest absolute Gasteiger partial charge is 0.191 e. The lowest BCUT2D eigenvalue weighted by Gasteiger charge is -2.12. The Morgan fingerprint density at radius 3 is 2.82 bits per heavy atom. The molecule has 0 saturated carbocycles. The van der Waals surface area contributed by atoms with E-state index in [1.807, 2.05) is 0 Å². The maximum Gasteiger partial charge on any atom is 0.191 e. The van der Waals surface area contributed by atoms with Gasteiger partial charge < -0.3 is 24.8 Å². The lowest BCUT2D eigenvalue weighted by Crippen LogP contribution is -2.38. The first-order valence-electron chi connectivity index (χ1n) is 8.55. The summed E-state index contributed by atoms with van der Waals surface area (Å²) in [5.74, 6) is 0.872. The number of guanidine groups is 1. The highest BCUT2D eigenvalue weighted by Crippen LogP contribution is 2.07. The molecule has 0 bridgehead atoms. The van der Waals surface area contributed by atoms with Crippen LogP contribution in [0.1, 0.15) is 40.0 Å². The largest absolute Gasteiger partial charge is 0.379 e. The van der Waals surface area contributed by atoms with Crippen LogP contribution in [0.5, 0.6) is 0 Å². The van der Waals surface area contributed by atoms with Gasteiger partial charge in [0.1, 0.15) is 0 Å². The van der Waals surface area contributed by atoms with Crippen LogP contribution in [-0.2, 0) is 14.2 Å². The van der Waals surface area contributed by atoms with Crippen molar-refractivity contribution in [1.82, 2.24) is 10.6 Å². The van der Waals surface area contributed by atoms with E-state index in [0.717, 1.165) is 71.3 Å². The summed E-state index contributed by atoms with van der Waals surface area (Å²) >= 11 is 0. The first kappa shape index (κ1) is 19.2. The van der Waals surface area contributed by atoms with E-state index in [1.54, 1.807) is 0 Å². The summed E-state index contributed by atoms with van der Waals surface area (Å²) in [6.07, 6.45) is 3.52. The van der Waals surface area contributed by atoms with Gasteiger partial charge >= 0.3 is 0 Å². The Kier molecular flexibility index (Phi) is 11.1. The Morgan fingerprint density at radius 1 is 1.27 bits per heavy atom. The predicted octanol–water partition coefficient (Wildman–Crippen LogP) is 1.55. The number of aliphatic imine (C=N–C) groups is 1. The molecule has 0 amide bonds. The molecular formula is C16H33N3O3. The van der Waals surface area contributed by atoms with Crippen molar-refractivity contribution in [2.45, 2.75) is 52.2 Å². The summed E-state index contributed by atoms with van der Waals surface area (Å²) in [6.45, 7) is 11.8. The second-order valence-electron chi connectivity index (χ2n) is 5.67. The standard InChI is InChI=1S/C16H33N3O3/c1-4-17-16(18-8-5-10-21-14(2)3)19-9-6-11-22-15-7-12-20-13-15/h14-15H,4-13H2,1-3H3,(H2,17,18,19). The summed E-state index contributed by atoms with van der Waals surface area (Å²) in [7, 11) is 0. The van der Waals surface area contributed by atoms with Crippen LogP contribution in [0.2, 0.25) is 0 Å². The number of ether oxygens (including phenoxy) is 3. The van der Waals surface area contributed by atoms with Crippen LogP contribution < -0.4 is 10.6 Å². The topological polar surface area (TPSA) is 64.1 Å². The van der Waals surface area contributed by atoms with Crippen LogP contribution in [0.25, 0.3) is 0 Å². The zero-order chi connectivity index (χ0) is 16.0. The fourth-order valence-corrected chi connectivity index (χ4v) is 2.09. The summed E-state index contributed by atoms with van der Waals surface area (Å²) in [4.78, 5) is 4.55. The number of hydrogen-bond donors (Lipinski definition) is 2. The van der Waals surface area contributed by atoms with Gasteiger partial charge in [0.25, 0.3) is 0 Å². The Labute approximate surface area is 135 Å². The van der Waals surface area contributed by atoms with Gasteiger partial charge in [0, 0.05) is 39.5 Å². The molecule has 1 fully saturated rings. The minimum absolute atomic E-state index is 0.288. The summed E-state index contributed by atoms with van der Waals surface area (Å²) in [5, 5.41) is 6.58. The number of rotatable bonds is 11. The molecule has 0 aromatic heterocycles. The van der Waals surface area contributed by atoms with Crippen molar-refractivity contribution in [1.29, 1.82) is 0 Å². The Hall–Kier alpha value is -0.850. The predicted molar refractivity (Wildman–Crippen MR) is 89.5 cm³/mol. The van der Waals surface area contributed by atoms with E-state index in [0.29, 0.717) is 6.10 Å². The number of nitrogens with zero attached hydrogens (tertiary/aromatic N) is 1. The molecule has 0 radical (unpaired) electrons. The van der Waals surface area contributed by atoms with E-state index < -0.39 is 0 Å². The van der Waals surface area contributed by atoms with Crippen LogP contribution >= 0.6 is 0 Å². The first-order valence-corrected chi connectivity index (χ1v) is 8.55. The summed E-state index contributed by atoms with van der Waals surface area (Å²) in [5.41, 5.74) is 0. The molecule has 2 N–H and O–H groups in total. The van der Waals surface area contributed by atoms with Crippen molar-refractivity contribution in [3.63, 3.8) is 0 Å². The Bertz CT molecular complexity index is 292. The number of nitrogens with one attached hydrogen (secondary N) is 2. The fraction of sp³-hybridized carbons (Fsp3) is 0.938. The van der Waals surface area contributed by atoms with Crippen LogP contribution in [0.15, 0.2) is 4.99 Å². The highest BCUT2D eigenvalue weighted by molar-refractivity contribution is 5.79. The lowest BCUT2D eigenvalue weighted by molar-refractivity contribution is 0.0424. The highest BCUT2D eigenvalue weighted by atomic mass is 16.5. The third kappa shape index (κ3) is 9.97. The molecule has 1 aliphatic rings. The van der Waals surface area contributed by atoms with E-state index in [-0.39, 0.29) is 6.10 Å². The Balaban J connectivity index is 2.06. The van der Waals surface area contributed by atoms with Crippen LogP contribution in [0, 0.1) is 0 Å². The molecule has 6 heteroatoms. The molecule has 0 spiro atoms. The summed E-state index contributed by atoms with van der Waals surface area (Å²) in [6, 6.07) is 0. The van der Waals surface area contributed by atoms with Crippen molar-refractivity contribution in [3.8, 4) is 0 Å². The zero-order valence-corrected chi connectivity index (χ0v) is 14.4. The van der Waals surface area contributed by atoms with Crippen LogP contribution in [0.4, 0.5) is 0 Å². The molecule has 0 aromatic carbocycles. The molecule has 0 aliphatic carbocycles. The second-order valence-corrected chi connectivity index (χ2v) is 5.67. The third-order valence-electron chi connectivity index (χ3n) is 3.22. The Morgan fingerprint density at radius 2 is 2.14 bits per heavy atom. The molecule has 1 rings (SSSR count). The fourth-order valence-electron chi connectivity index (χ4n) is 2.09. The molecule has 1 saturated heterocycles. The van der Waals surface area contributed by atoms with Crippen molar-refractivity contribution in [2.75, 3.05) is 46.1 Å². The monoisotopic (exact) mass is 315 g/mol. The molecule has 0 aromatic rings. The van der Waals surface area contributed by atoms with E-state index >= 15 is 0 Å².